The number of benzene rings is 2. The van der Waals surface area contributed by atoms with Crippen molar-refractivity contribution in [3.8, 4) is 0 Å². The standard InChI is InChI=1S/C29H29/c1-20-12-26(28(24-8-4-2-5-9-24)25-10-6-3-7-11-25)16-27(20)29-17-21-13-22(18-29)15-23(14-21)19-29/h2-12,21-23H,13-15,17-19H2,1H3. The highest BCUT2D eigenvalue weighted by Gasteiger charge is 2.53. The second kappa shape index (κ2) is 6.59. The Labute approximate surface area is 175 Å². The summed E-state index contributed by atoms with van der Waals surface area (Å²) in [6.45, 7) is 2.33. The molecule has 0 atom stereocenters. The first-order valence-corrected chi connectivity index (χ1v) is 11.4. The van der Waals surface area contributed by atoms with Gasteiger partial charge in [-0.05, 0) is 108 Å². The SMILES string of the molecule is CC1=CC(=C(c2ccccc2)c2ccccc2)[C]=C1C12CC3CC(CC(C3)C1)C2. The molecule has 4 bridgehead atoms. The highest BCUT2D eigenvalue weighted by molar-refractivity contribution is 5.86. The van der Waals surface area contributed by atoms with Gasteiger partial charge in [-0.15, -0.1) is 0 Å². The lowest BCUT2D eigenvalue weighted by Gasteiger charge is -2.57. The summed E-state index contributed by atoms with van der Waals surface area (Å²) in [6.07, 6.45) is 15.1. The van der Waals surface area contributed by atoms with Crippen LogP contribution < -0.4 is 0 Å². The first kappa shape index (κ1) is 17.5. The average Bonchev–Trinajstić information content (AvgIpc) is 3.11. The Balaban J connectivity index is 1.49. The van der Waals surface area contributed by atoms with Crippen molar-refractivity contribution in [1.29, 1.82) is 0 Å². The largest absolute Gasteiger partial charge is 0.0622 e. The van der Waals surface area contributed by atoms with E-state index < -0.39 is 0 Å². The summed E-state index contributed by atoms with van der Waals surface area (Å²) >= 11 is 0. The Morgan fingerprint density at radius 1 is 0.759 bits per heavy atom. The molecular formula is C29H29. The molecule has 5 aliphatic rings. The highest BCUT2D eigenvalue weighted by atomic mass is 14.6. The smallest absolute Gasteiger partial charge is 0.00301 e. The lowest BCUT2D eigenvalue weighted by molar-refractivity contribution is -0.0293. The number of hydrogen-bond acceptors (Lipinski definition) is 0. The van der Waals surface area contributed by atoms with Gasteiger partial charge in [-0.1, -0.05) is 66.7 Å². The lowest BCUT2D eigenvalue weighted by atomic mass is 9.47. The van der Waals surface area contributed by atoms with E-state index in [1.807, 2.05) is 0 Å². The molecule has 0 heterocycles. The quantitative estimate of drug-likeness (QED) is 0.523. The predicted octanol–water partition coefficient (Wildman–Crippen LogP) is 7.39. The summed E-state index contributed by atoms with van der Waals surface area (Å²) < 4.78 is 0. The molecule has 0 aromatic heterocycles. The molecule has 2 aromatic rings. The zero-order chi connectivity index (χ0) is 19.4. The minimum atomic E-state index is 0.412. The molecule has 1 radical (unpaired) electrons. The summed E-state index contributed by atoms with van der Waals surface area (Å²) in [4.78, 5) is 0. The molecular weight excluding hydrogens is 348 g/mol. The van der Waals surface area contributed by atoms with Crippen LogP contribution in [0.15, 0.2) is 83.5 Å². The lowest BCUT2D eigenvalue weighted by Crippen LogP contribution is -2.47. The van der Waals surface area contributed by atoms with Gasteiger partial charge in [0.05, 0.1) is 0 Å². The van der Waals surface area contributed by atoms with Crippen LogP contribution in [0.3, 0.4) is 0 Å². The van der Waals surface area contributed by atoms with E-state index in [0.717, 1.165) is 17.8 Å². The van der Waals surface area contributed by atoms with Crippen LogP contribution in [0.25, 0.3) is 5.57 Å². The van der Waals surface area contributed by atoms with Crippen LogP contribution in [0.2, 0.25) is 0 Å². The van der Waals surface area contributed by atoms with Gasteiger partial charge in [-0.25, -0.2) is 0 Å². The van der Waals surface area contributed by atoms with Gasteiger partial charge in [0.25, 0.3) is 0 Å². The fourth-order valence-corrected chi connectivity index (χ4v) is 7.35. The van der Waals surface area contributed by atoms with Crippen molar-refractivity contribution >= 4 is 5.57 Å². The monoisotopic (exact) mass is 377 g/mol. The van der Waals surface area contributed by atoms with Gasteiger partial charge < -0.3 is 0 Å². The van der Waals surface area contributed by atoms with E-state index in [4.69, 9.17) is 0 Å². The molecule has 0 amide bonds. The molecule has 5 aliphatic carbocycles. The molecule has 0 spiro atoms. The van der Waals surface area contributed by atoms with Crippen molar-refractivity contribution in [2.45, 2.75) is 45.4 Å². The van der Waals surface area contributed by atoms with Crippen LogP contribution in [0.1, 0.15) is 56.6 Å². The Morgan fingerprint density at radius 3 is 1.72 bits per heavy atom. The molecule has 29 heavy (non-hydrogen) atoms. The Bertz CT molecular complexity index is 939. The van der Waals surface area contributed by atoms with Crippen LogP contribution in [0.4, 0.5) is 0 Å². The Morgan fingerprint density at radius 2 is 1.24 bits per heavy atom. The number of rotatable bonds is 3. The maximum absolute atomic E-state index is 4.00. The van der Waals surface area contributed by atoms with Gasteiger partial charge >= 0.3 is 0 Å². The molecule has 7 rings (SSSR count). The summed E-state index contributed by atoms with van der Waals surface area (Å²) in [5, 5.41) is 0. The van der Waals surface area contributed by atoms with E-state index in [-0.39, 0.29) is 0 Å². The van der Waals surface area contributed by atoms with Gasteiger partial charge in [0.1, 0.15) is 0 Å². The minimum absolute atomic E-state index is 0.412. The zero-order valence-corrected chi connectivity index (χ0v) is 17.3. The van der Waals surface area contributed by atoms with Crippen LogP contribution >= 0.6 is 0 Å². The van der Waals surface area contributed by atoms with E-state index in [1.54, 1.807) is 5.57 Å². The van der Waals surface area contributed by atoms with Crippen molar-refractivity contribution in [1.82, 2.24) is 0 Å². The second-order valence-electron chi connectivity index (χ2n) is 10.0. The first-order chi connectivity index (χ1) is 14.2. The second-order valence-corrected chi connectivity index (χ2v) is 10.0. The molecule has 0 heteroatoms. The normalized spacial score (nSPS) is 32.3. The number of allylic oxidation sites excluding steroid dienone is 5. The maximum atomic E-state index is 4.00. The van der Waals surface area contributed by atoms with E-state index in [0.29, 0.717) is 5.41 Å². The summed E-state index contributed by atoms with van der Waals surface area (Å²) in [5.41, 5.74) is 8.61. The molecule has 4 fully saturated rings. The molecule has 0 aliphatic heterocycles. The van der Waals surface area contributed by atoms with E-state index in [2.05, 4.69) is 79.7 Å². The summed E-state index contributed by atoms with van der Waals surface area (Å²) in [6, 6.07) is 21.8. The third-order valence-corrected chi connectivity index (χ3v) is 7.98. The number of hydrogen-bond donors (Lipinski definition) is 0. The van der Waals surface area contributed by atoms with Gasteiger partial charge in [-0.2, -0.15) is 0 Å². The molecule has 0 nitrogen and oxygen atoms in total. The predicted molar refractivity (Wildman–Crippen MR) is 120 cm³/mol. The highest BCUT2D eigenvalue weighted by Crippen LogP contribution is 2.64. The summed E-state index contributed by atoms with van der Waals surface area (Å²) in [7, 11) is 0. The van der Waals surface area contributed by atoms with E-state index in [1.165, 1.54) is 66.4 Å². The van der Waals surface area contributed by atoms with Crippen LogP contribution in [-0.4, -0.2) is 0 Å². The van der Waals surface area contributed by atoms with Crippen molar-refractivity contribution < 1.29 is 0 Å². The van der Waals surface area contributed by atoms with Crippen molar-refractivity contribution in [3.05, 3.63) is 101 Å². The van der Waals surface area contributed by atoms with Gasteiger partial charge in [0.2, 0.25) is 0 Å². The van der Waals surface area contributed by atoms with E-state index >= 15 is 0 Å². The fraction of sp³-hybridized carbons (Fsp3) is 0.379. The molecule has 2 aromatic carbocycles. The van der Waals surface area contributed by atoms with Gasteiger partial charge in [-0.3, -0.25) is 0 Å². The third-order valence-electron chi connectivity index (χ3n) is 7.98. The molecule has 145 valence electrons. The van der Waals surface area contributed by atoms with Crippen LogP contribution in [0.5, 0.6) is 0 Å². The molecule has 0 unspecified atom stereocenters. The fourth-order valence-electron chi connectivity index (χ4n) is 7.35. The van der Waals surface area contributed by atoms with Crippen LogP contribution in [-0.2, 0) is 0 Å². The maximum Gasteiger partial charge on any atom is -0.00301 e. The molecule has 0 saturated heterocycles. The van der Waals surface area contributed by atoms with E-state index in [9.17, 15) is 0 Å². The Kier molecular flexibility index (Phi) is 3.98. The molecule has 4 saturated carbocycles. The summed E-state index contributed by atoms with van der Waals surface area (Å²) in [5.74, 6) is 2.91. The van der Waals surface area contributed by atoms with Crippen molar-refractivity contribution in [2.75, 3.05) is 0 Å². The topological polar surface area (TPSA) is 0 Å². The van der Waals surface area contributed by atoms with Crippen molar-refractivity contribution in [2.24, 2.45) is 23.2 Å². The average molecular weight is 378 g/mol. The minimum Gasteiger partial charge on any atom is -0.0622 e. The van der Waals surface area contributed by atoms with Crippen molar-refractivity contribution in [3.63, 3.8) is 0 Å². The van der Waals surface area contributed by atoms with Crippen LogP contribution in [0, 0.1) is 29.2 Å². The third kappa shape index (κ3) is 2.88. The molecule has 0 N–H and O–H groups in total. The Hall–Kier alpha value is -2.34. The van der Waals surface area contributed by atoms with Gasteiger partial charge in [0.15, 0.2) is 0 Å². The van der Waals surface area contributed by atoms with Gasteiger partial charge in [0, 0.05) is 0 Å². The zero-order valence-electron chi connectivity index (χ0n) is 17.3. The first-order valence-electron chi connectivity index (χ1n) is 11.4.